The number of alkyl halides is 3. The third-order valence-corrected chi connectivity index (χ3v) is 2.66. The van der Waals surface area contributed by atoms with Crippen LogP contribution in [0.15, 0.2) is 0 Å². The van der Waals surface area contributed by atoms with Gasteiger partial charge in [-0.25, -0.2) is 0 Å². The molecular formula is C10H17F3N2O. The second kappa shape index (κ2) is 5.52. The van der Waals surface area contributed by atoms with E-state index in [-0.39, 0.29) is 6.54 Å². The third-order valence-electron chi connectivity index (χ3n) is 2.66. The van der Waals surface area contributed by atoms with Crippen molar-refractivity contribution < 1.29 is 18.0 Å². The molecule has 0 saturated heterocycles. The van der Waals surface area contributed by atoms with Crippen LogP contribution in [0.2, 0.25) is 0 Å². The molecule has 2 N–H and O–H groups in total. The van der Waals surface area contributed by atoms with Gasteiger partial charge in [-0.15, -0.1) is 0 Å². The van der Waals surface area contributed by atoms with Gasteiger partial charge in [-0.3, -0.25) is 4.79 Å². The van der Waals surface area contributed by atoms with Crippen LogP contribution in [0, 0.1) is 11.8 Å². The van der Waals surface area contributed by atoms with E-state index >= 15 is 0 Å². The topological polar surface area (TPSA) is 41.1 Å². The maximum Gasteiger partial charge on any atom is 0.405 e. The van der Waals surface area contributed by atoms with Crippen LogP contribution in [-0.4, -0.2) is 31.7 Å². The summed E-state index contributed by atoms with van der Waals surface area (Å²) in [6.45, 7) is 1.46. The molecule has 0 bridgehead atoms. The van der Waals surface area contributed by atoms with Gasteiger partial charge in [0.2, 0.25) is 5.91 Å². The van der Waals surface area contributed by atoms with Crippen LogP contribution in [0.5, 0.6) is 0 Å². The molecular weight excluding hydrogens is 221 g/mol. The molecule has 1 amide bonds. The molecule has 1 unspecified atom stereocenters. The van der Waals surface area contributed by atoms with E-state index in [4.69, 9.17) is 0 Å². The summed E-state index contributed by atoms with van der Waals surface area (Å²) in [6, 6.07) is 0. The summed E-state index contributed by atoms with van der Waals surface area (Å²) in [5.74, 6) is 0.612. The summed E-state index contributed by atoms with van der Waals surface area (Å²) < 4.78 is 35.2. The molecule has 0 spiro atoms. The Morgan fingerprint density at radius 3 is 2.56 bits per heavy atom. The lowest BCUT2D eigenvalue weighted by Crippen LogP contribution is -2.40. The first-order chi connectivity index (χ1) is 7.38. The molecule has 1 aliphatic rings. The SMILES string of the molecule is CC(CNCC(=O)NCC(F)(F)F)C1CC1. The minimum Gasteiger partial charge on any atom is -0.346 e. The number of hydrogen-bond acceptors (Lipinski definition) is 2. The van der Waals surface area contributed by atoms with Gasteiger partial charge >= 0.3 is 6.18 Å². The zero-order valence-electron chi connectivity index (χ0n) is 9.23. The number of rotatable bonds is 6. The molecule has 0 aromatic rings. The molecule has 1 saturated carbocycles. The molecule has 6 heteroatoms. The monoisotopic (exact) mass is 238 g/mol. The summed E-state index contributed by atoms with van der Waals surface area (Å²) in [5.41, 5.74) is 0. The number of amides is 1. The van der Waals surface area contributed by atoms with Crippen molar-refractivity contribution in [2.45, 2.75) is 25.9 Å². The van der Waals surface area contributed by atoms with Gasteiger partial charge in [-0.2, -0.15) is 13.2 Å². The summed E-state index contributed by atoms with van der Waals surface area (Å²) in [5, 5.41) is 4.68. The highest BCUT2D eigenvalue weighted by Gasteiger charge is 2.28. The summed E-state index contributed by atoms with van der Waals surface area (Å²) >= 11 is 0. The Morgan fingerprint density at radius 1 is 1.44 bits per heavy atom. The zero-order chi connectivity index (χ0) is 12.2. The van der Waals surface area contributed by atoms with Crippen molar-refractivity contribution in [1.29, 1.82) is 0 Å². The molecule has 1 aliphatic carbocycles. The van der Waals surface area contributed by atoms with E-state index in [1.165, 1.54) is 12.8 Å². The summed E-state index contributed by atoms with van der Waals surface area (Å²) in [7, 11) is 0. The molecule has 0 aromatic carbocycles. The Labute approximate surface area is 92.8 Å². The van der Waals surface area contributed by atoms with Crippen molar-refractivity contribution in [1.82, 2.24) is 10.6 Å². The predicted octanol–water partition coefficient (Wildman–Crippen LogP) is 1.30. The predicted molar refractivity (Wildman–Crippen MR) is 53.8 cm³/mol. The number of hydrogen-bond donors (Lipinski definition) is 2. The number of carbonyl (C=O) groups excluding carboxylic acids is 1. The fraction of sp³-hybridized carbons (Fsp3) is 0.900. The minimum absolute atomic E-state index is 0.0485. The fourth-order valence-corrected chi connectivity index (χ4v) is 1.51. The molecule has 0 radical (unpaired) electrons. The second-order valence-corrected chi connectivity index (χ2v) is 4.34. The third kappa shape index (κ3) is 5.95. The van der Waals surface area contributed by atoms with Crippen LogP contribution >= 0.6 is 0 Å². The Balaban J connectivity index is 2.01. The highest BCUT2D eigenvalue weighted by Crippen LogP contribution is 2.35. The largest absolute Gasteiger partial charge is 0.405 e. The van der Waals surface area contributed by atoms with Crippen molar-refractivity contribution in [3.63, 3.8) is 0 Å². The van der Waals surface area contributed by atoms with Crippen LogP contribution in [0.4, 0.5) is 13.2 Å². The molecule has 0 heterocycles. The number of carbonyl (C=O) groups is 1. The smallest absolute Gasteiger partial charge is 0.346 e. The van der Waals surface area contributed by atoms with Crippen molar-refractivity contribution in [2.24, 2.45) is 11.8 Å². The van der Waals surface area contributed by atoms with E-state index < -0.39 is 18.6 Å². The lowest BCUT2D eigenvalue weighted by molar-refractivity contribution is -0.137. The van der Waals surface area contributed by atoms with Gasteiger partial charge in [0.15, 0.2) is 0 Å². The first-order valence-corrected chi connectivity index (χ1v) is 5.42. The van der Waals surface area contributed by atoms with Gasteiger partial charge in [0.25, 0.3) is 0 Å². The first-order valence-electron chi connectivity index (χ1n) is 5.42. The standard InChI is InChI=1S/C10H17F3N2O/c1-7(8-2-3-8)4-14-5-9(16)15-6-10(11,12)13/h7-8,14H,2-6H2,1H3,(H,15,16). The quantitative estimate of drug-likeness (QED) is 0.732. The van der Waals surface area contributed by atoms with Gasteiger partial charge in [0.05, 0.1) is 6.54 Å². The number of halogens is 3. The molecule has 1 rings (SSSR count). The average Bonchev–Trinajstić information content (AvgIpc) is 2.96. The maximum absolute atomic E-state index is 11.7. The van der Waals surface area contributed by atoms with Crippen LogP contribution < -0.4 is 10.6 Å². The molecule has 0 aliphatic heterocycles. The van der Waals surface area contributed by atoms with E-state index in [9.17, 15) is 18.0 Å². The zero-order valence-corrected chi connectivity index (χ0v) is 9.23. The van der Waals surface area contributed by atoms with Gasteiger partial charge in [-0.1, -0.05) is 6.92 Å². The van der Waals surface area contributed by atoms with Crippen molar-refractivity contribution in [2.75, 3.05) is 19.6 Å². The maximum atomic E-state index is 11.7. The van der Waals surface area contributed by atoms with Gasteiger partial charge < -0.3 is 10.6 Å². The Bertz CT molecular complexity index is 239. The van der Waals surface area contributed by atoms with Crippen LogP contribution in [0.1, 0.15) is 19.8 Å². The molecule has 1 atom stereocenters. The Morgan fingerprint density at radius 2 is 2.06 bits per heavy atom. The van der Waals surface area contributed by atoms with Crippen molar-refractivity contribution in [3.8, 4) is 0 Å². The normalized spacial score (nSPS) is 18.2. The van der Waals surface area contributed by atoms with Crippen LogP contribution in [0.3, 0.4) is 0 Å². The minimum atomic E-state index is -4.34. The fourth-order valence-electron chi connectivity index (χ4n) is 1.51. The van der Waals surface area contributed by atoms with E-state index in [0.29, 0.717) is 12.5 Å². The van der Waals surface area contributed by atoms with Crippen LogP contribution in [0.25, 0.3) is 0 Å². The molecule has 94 valence electrons. The highest BCUT2D eigenvalue weighted by atomic mass is 19.4. The molecule has 16 heavy (non-hydrogen) atoms. The van der Waals surface area contributed by atoms with Gasteiger partial charge in [0.1, 0.15) is 6.54 Å². The molecule has 0 aromatic heterocycles. The summed E-state index contributed by atoms with van der Waals surface area (Å²) in [6.07, 6.45) is -1.89. The van der Waals surface area contributed by atoms with E-state index in [1.54, 1.807) is 0 Å². The Hall–Kier alpha value is -0.780. The van der Waals surface area contributed by atoms with Gasteiger partial charge in [-0.05, 0) is 31.2 Å². The van der Waals surface area contributed by atoms with Crippen molar-refractivity contribution in [3.05, 3.63) is 0 Å². The van der Waals surface area contributed by atoms with E-state index in [1.807, 2.05) is 5.32 Å². The lowest BCUT2D eigenvalue weighted by atomic mass is 10.1. The summed E-state index contributed by atoms with van der Waals surface area (Å²) in [4.78, 5) is 11.0. The van der Waals surface area contributed by atoms with Crippen LogP contribution in [-0.2, 0) is 4.79 Å². The number of nitrogens with one attached hydrogen (secondary N) is 2. The van der Waals surface area contributed by atoms with Gasteiger partial charge in [0, 0.05) is 0 Å². The molecule has 3 nitrogen and oxygen atoms in total. The van der Waals surface area contributed by atoms with Crippen molar-refractivity contribution >= 4 is 5.91 Å². The average molecular weight is 238 g/mol. The second-order valence-electron chi connectivity index (χ2n) is 4.34. The van der Waals surface area contributed by atoms with E-state index in [0.717, 1.165) is 5.92 Å². The highest BCUT2D eigenvalue weighted by molar-refractivity contribution is 5.77. The lowest BCUT2D eigenvalue weighted by Gasteiger charge is -2.12. The molecule has 1 fully saturated rings. The first kappa shape index (κ1) is 13.3. The van der Waals surface area contributed by atoms with E-state index in [2.05, 4.69) is 12.2 Å². The Kier molecular flexibility index (Phi) is 4.58.